The molecule has 1 amide bonds. The number of benzene rings is 3. The second-order valence-electron chi connectivity index (χ2n) is 8.85. The molecular weight excluding hydrogens is 427 g/mol. The molecule has 34 heavy (non-hydrogen) atoms. The molecule has 3 aromatic carbocycles. The van der Waals surface area contributed by atoms with E-state index in [0.717, 1.165) is 48.9 Å². The highest BCUT2D eigenvalue weighted by Crippen LogP contribution is 2.30. The van der Waals surface area contributed by atoms with Crippen molar-refractivity contribution in [3.8, 4) is 0 Å². The summed E-state index contributed by atoms with van der Waals surface area (Å²) in [5.41, 5.74) is 2.37. The first kappa shape index (κ1) is 22.0. The molecular formula is C28H27FN4O. The summed E-state index contributed by atoms with van der Waals surface area (Å²) < 4.78 is 13.4. The Bertz CT molecular complexity index is 1290. The fourth-order valence-electron chi connectivity index (χ4n) is 4.70. The SMILES string of the molecule is O=C(NCc1cccc(F)c1)c1nnc(N2CCC(Cc3ccccc3)CC2)c2ccccc12. The Labute approximate surface area is 198 Å². The average Bonchev–Trinajstić information content (AvgIpc) is 2.88. The summed E-state index contributed by atoms with van der Waals surface area (Å²) in [5, 5.41) is 13.3. The number of amides is 1. The van der Waals surface area contributed by atoms with Crippen LogP contribution in [0.3, 0.4) is 0 Å². The number of carbonyl (C=O) groups excluding carboxylic acids is 1. The Hall–Kier alpha value is -3.80. The van der Waals surface area contributed by atoms with Gasteiger partial charge in [0.15, 0.2) is 11.5 Å². The van der Waals surface area contributed by atoms with Gasteiger partial charge >= 0.3 is 0 Å². The number of hydrogen-bond donors (Lipinski definition) is 1. The van der Waals surface area contributed by atoms with Crippen molar-refractivity contribution < 1.29 is 9.18 Å². The highest BCUT2D eigenvalue weighted by Gasteiger charge is 2.24. The Morgan fingerprint density at radius 3 is 2.35 bits per heavy atom. The normalized spacial score (nSPS) is 14.3. The standard InChI is InChI=1S/C28H27FN4O/c29-23-10-6-9-22(18-23)19-30-28(34)26-24-11-4-5-12-25(24)27(32-31-26)33-15-13-21(14-16-33)17-20-7-2-1-3-8-20/h1-12,18,21H,13-17,19H2,(H,30,34). The summed E-state index contributed by atoms with van der Waals surface area (Å²) in [5.74, 6) is 0.844. The van der Waals surface area contributed by atoms with Gasteiger partial charge < -0.3 is 10.2 Å². The zero-order valence-corrected chi connectivity index (χ0v) is 19.0. The van der Waals surface area contributed by atoms with E-state index in [9.17, 15) is 9.18 Å². The first-order valence-electron chi connectivity index (χ1n) is 11.7. The largest absolute Gasteiger partial charge is 0.355 e. The van der Waals surface area contributed by atoms with Gasteiger partial charge in [-0.25, -0.2) is 4.39 Å². The summed E-state index contributed by atoms with van der Waals surface area (Å²) in [6, 6.07) is 24.6. The van der Waals surface area contributed by atoms with Crippen LogP contribution in [0.1, 0.15) is 34.5 Å². The minimum atomic E-state index is -0.325. The second kappa shape index (κ2) is 10.00. The molecule has 0 saturated carbocycles. The molecule has 5 nitrogen and oxygen atoms in total. The quantitative estimate of drug-likeness (QED) is 0.437. The van der Waals surface area contributed by atoms with E-state index in [1.54, 1.807) is 12.1 Å². The van der Waals surface area contributed by atoms with Gasteiger partial charge in [-0.1, -0.05) is 66.7 Å². The van der Waals surface area contributed by atoms with Gasteiger partial charge in [-0.05, 0) is 48.4 Å². The van der Waals surface area contributed by atoms with Gasteiger partial charge in [-0.3, -0.25) is 4.79 Å². The number of nitrogens with one attached hydrogen (secondary N) is 1. The highest BCUT2D eigenvalue weighted by molar-refractivity contribution is 6.07. The highest BCUT2D eigenvalue weighted by atomic mass is 19.1. The van der Waals surface area contributed by atoms with Gasteiger partial charge in [0.1, 0.15) is 5.82 Å². The molecule has 4 aromatic rings. The van der Waals surface area contributed by atoms with Crippen LogP contribution in [0, 0.1) is 11.7 Å². The minimum Gasteiger partial charge on any atom is -0.355 e. The molecule has 0 spiro atoms. The molecule has 0 unspecified atom stereocenters. The zero-order chi connectivity index (χ0) is 23.3. The van der Waals surface area contributed by atoms with E-state index in [1.165, 1.54) is 17.7 Å². The predicted molar refractivity (Wildman–Crippen MR) is 132 cm³/mol. The van der Waals surface area contributed by atoms with E-state index in [0.29, 0.717) is 11.5 Å². The summed E-state index contributed by atoms with van der Waals surface area (Å²) in [4.78, 5) is 15.2. The summed E-state index contributed by atoms with van der Waals surface area (Å²) >= 11 is 0. The van der Waals surface area contributed by atoms with Crippen LogP contribution >= 0.6 is 0 Å². The predicted octanol–water partition coefficient (Wildman–Crippen LogP) is 5.16. The number of halogens is 1. The molecule has 1 aromatic heterocycles. The third-order valence-corrected chi connectivity index (χ3v) is 6.51. The third kappa shape index (κ3) is 4.91. The maximum absolute atomic E-state index is 13.4. The topological polar surface area (TPSA) is 58.1 Å². The van der Waals surface area contributed by atoms with E-state index in [2.05, 4.69) is 50.7 Å². The van der Waals surface area contributed by atoms with Crippen molar-refractivity contribution >= 4 is 22.5 Å². The van der Waals surface area contributed by atoms with Gasteiger partial charge in [-0.15, -0.1) is 10.2 Å². The van der Waals surface area contributed by atoms with Crippen LogP contribution in [0.4, 0.5) is 10.2 Å². The molecule has 0 atom stereocenters. The lowest BCUT2D eigenvalue weighted by Crippen LogP contribution is -2.35. The lowest BCUT2D eigenvalue weighted by atomic mass is 9.90. The van der Waals surface area contributed by atoms with Crippen LogP contribution in [0.25, 0.3) is 10.8 Å². The Kier molecular flexibility index (Phi) is 6.47. The van der Waals surface area contributed by atoms with Crippen molar-refractivity contribution in [2.24, 2.45) is 5.92 Å². The molecule has 6 heteroatoms. The Morgan fingerprint density at radius 1 is 0.882 bits per heavy atom. The van der Waals surface area contributed by atoms with Gasteiger partial charge in [0.25, 0.3) is 5.91 Å². The molecule has 2 heterocycles. The Morgan fingerprint density at radius 2 is 1.59 bits per heavy atom. The lowest BCUT2D eigenvalue weighted by Gasteiger charge is -2.33. The molecule has 1 aliphatic rings. The van der Waals surface area contributed by atoms with Gasteiger partial charge in [0.2, 0.25) is 0 Å². The number of nitrogens with zero attached hydrogens (tertiary/aromatic N) is 3. The van der Waals surface area contributed by atoms with Gasteiger partial charge in [0, 0.05) is 30.4 Å². The van der Waals surface area contributed by atoms with E-state index in [-0.39, 0.29) is 24.0 Å². The molecule has 0 bridgehead atoms. The van der Waals surface area contributed by atoms with E-state index >= 15 is 0 Å². The smallest absolute Gasteiger partial charge is 0.272 e. The molecule has 0 aliphatic carbocycles. The van der Waals surface area contributed by atoms with Crippen LogP contribution in [0.2, 0.25) is 0 Å². The molecule has 1 N–H and O–H groups in total. The molecule has 1 aliphatic heterocycles. The molecule has 172 valence electrons. The molecule has 5 rings (SSSR count). The fraction of sp³-hybridized carbons (Fsp3) is 0.250. The van der Waals surface area contributed by atoms with Crippen molar-refractivity contribution in [3.63, 3.8) is 0 Å². The van der Waals surface area contributed by atoms with Crippen LogP contribution in [-0.2, 0) is 13.0 Å². The van der Waals surface area contributed by atoms with E-state index in [4.69, 9.17) is 0 Å². The summed E-state index contributed by atoms with van der Waals surface area (Å²) in [6.07, 6.45) is 3.30. The Balaban J connectivity index is 1.30. The maximum atomic E-state index is 13.4. The number of anilines is 1. The maximum Gasteiger partial charge on any atom is 0.272 e. The van der Waals surface area contributed by atoms with Crippen molar-refractivity contribution in [1.29, 1.82) is 0 Å². The number of aromatic nitrogens is 2. The van der Waals surface area contributed by atoms with Crippen molar-refractivity contribution in [3.05, 3.63) is 102 Å². The van der Waals surface area contributed by atoms with Crippen LogP contribution < -0.4 is 10.2 Å². The number of rotatable bonds is 6. The monoisotopic (exact) mass is 454 g/mol. The second-order valence-corrected chi connectivity index (χ2v) is 8.85. The zero-order valence-electron chi connectivity index (χ0n) is 19.0. The fourth-order valence-corrected chi connectivity index (χ4v) is 4.70. The average molecular weight is 455 g/mol. The minimum absolute atomic E-state index is 0.225. The van der Waals surface area contributed by atoms with Crippen LogP contribution in [0.15, 0.2) is 78.9 Å². The number of hydrogen-bond acceptors (Lipinski definition) is 4. The van der Waals surface area contributed by atoms with E-state index in [1.807, 2.05) is 24.3 Å². The number of carbonyl (C=O) groups is 1. The van der Waals surface area contributed by atoms with Crippen molar-refractivity contribution in [1.82, 2.24) is 15.5 Å². The van der Waals surface area contributed by atoms with Crippen LogP contribution in [0.5, 0.6) is 0 Å². The summed E-state index contributed by atoms with van der Waals surface area (Å²) in [7, 11) is 0. The summed E-state index contributed by atoms with van der Waals surface area (Å²) in [6.45, 7) is 2.06. The number of fused-ring (bicyclic) bond motifs is 1. The third-order valence-electron chi connectivity index (χ3n) is 6.51. The van der Waals surface area contributed by atoms with Crippen molar-refractivity contribution in [2.75, 3.05) is 18.0 Å². The van der Waals surface area contributed by atoms with E-state index < -0.39 is 0 Å². The first-order chi connectivity index (χ1) is 16.7. The molecule has 1 saturated heterocycles. The molecule has 1 fully saturated rings. The van der Waals surface area contributed by atoms with Gasteiger partial charge in [-0.2, -0.15) is 0 Å². The molecule has 0 radical (unpaired) electrons. The lowest BCUT2D eigenvalue weighted by molar-refractivity contribution is 0.0946. The van der Waals surface area contributed by atoms with Crippen LogP contribution in [-0.4, -0.2) is 29.2 Å². The van der Waals surface area contributed by atoms with Crippen molar-refractivity contribution in [2.45, 2.75) is 25.8 Å². The number of piperidine rings is 1. The van der Waals surface area contributed by atoms with Gasteiger partial charge in [0.05, 0.1) is 0 Å². The first-order valence-corrected chi connectivity index (χ1v) is 11.7.